The van der Waals surface area contributed by atoms with Crippen LogP contribution in [0, 0.1) is 12.8 Å². The van der Waals surface area contributed by atoms with Gasteiger partial charge in [-0.25, -0.2) is 9.98 Å². The zero-order valence-corrected chi connectivity index (χ0v) is 17.8. The van der Waals surface area contributed by atoms with Gasteiger partial charge in [0, 0.05) is 22.3 Å². The topological polar surface area (TPSA) is 84.4 Å². The maximum absolute atomic E-state index is 13.0. The summed E-state index contributed by atoms with van der Waals surface area (Å²) in [6, 6.07) is 1.99. The van der Waals surface area contributed by atoms with Crippen molar-refractivity contribution in [3.8, 4) is 0 Å². The number of fused-ring (bicyclic) bond motifs is 1. The van der Waals surface area contributed by atoms with E-state index in [1.165, 1.54) is 29.2 Å². The Morgan fingerprint density at radius 1 is 1.46 bits per heavy atom. The number of ether oxygens (including phenoxy) is 1. The smallest absolute Gasteiger partial charge is 0.315 e. The number of aliphatic imine (C=N–C) groups is 1. The summed E-state index contributed by atoms with van der Waals surface area (Å²) in [5, 5.41) is 2.52. The predicted molar refractivity (Wildman–Crippen MR) is 114 cm³/mol. The molecule has 1 aliphatic rings. The van der Waals surface area contributed by atoms with E-state index in [2.05, 4.69) is 28.5 Å². The number of esters is 1. The predicted octanol–water partition coefficient (Wildman–Crippen LogP) is 4.23. The molecule has 0 aromatic carbocycles. The number of hydrogen-bond donors (Lipinski definition) is 1. The number of thioether (sulfide) groups is 1. The van der Waals surface area contributed by atoms with Gasteiger partial charge in [0.15, 0.2) is 11.0 Å². The van der Waals surface area contributed by atoms with Crippen LogP contribution in [0.4, 0.5) is 5.82 Å². The van der Waals surface area contributed by atoms with Crippen molar-refractivity contribution in [3.05, 3.63) is 50.5 Å². The molecule has 8 heteroatoms. The van der Waals surface area contributed by atoms with Gasteiger partial charge >= 0.3 is 5.97 Å². The number of aromatic nitrogens is 2. The lowest BCUT2D eigenvalue weighted by molar-refractivity contribution is -0.145. The summed E-state index contributed by atoms with van der Waals surface area (Å²) < 4.78 is 5.33. The van der Waals surface area contributed by atoms with Gasteiger partial charge in [0.1, 0.15) is 12.5 Å². The SMILES string of the molecule is C=CCOC(=O)C1C(C)=Nc2nc(SCCC)[nH]c(=O)c2C1c1sccc1C. The monoisotopic (exact) mass is 417 g/mol. The first-order valence-corrected chi connectivity index (χ1v) is 11.0. The summed E-state index contributed by atoms with van der Waals surface area (Å²) >= 11 is 3.02. The second-order valence-electron chi connectivity index (χ2n) is 6.55. The molecule has 0 saturated carbocycles. The summed E-state index contributed by atoms with van der Waals surface area (Å²) in [6.45, 7) is 9.55. The van der Waals surface area contributed by atoms with Gasteiger partial charge in [-0.3, -0.25) is 9.59 Å². The highest BCUT2D eigenvalue weighted by Gasteiger charge is 2.42. The number of H-pyrrole nitrogens is 1. The van der Waals surface area contributed by atoms with Gasteiger partial charge in [-0.15, -0.1) is 11.3 Å². The number of carbonyl (C=O) groups excluding carboxylic acids is 1. The molecule has 6 nitrogen and oxygen atoms in total. The fourth-order valence-corrected chi connectivity index (χ4v) is 5.04. The van der Waals surface area contributed by atoms with Gasteiger partial charge in [0.2, 0.25) is 0 Å². The third kappa shape index (κ3) is 3.98. The molecule has 148 valence electrons. The number of carbonyl (C=O) groups is 1. The van der Waals surface area contributed by atoms with E-state index in [9.17, 15) is 9.59 Å². The molecule has 3 heterocycles. The first-order chi connectivity index (χ1) is 13.5. The van der Waals surface area contributed by atoms with Crippen LogP contribution in [-0.4, -0.2) is 34.0 Å². The summed E-state index contributed by atoms with van der Waals surface area (Å²) in [7, 11) is 0. The van der Waals surface area contributed by atoms with Crippen LogP contribution >= 0.6 is 23.1 Å². The molecule has 0 bridgehead atoms. The Labute approximate surface area is 172 Å². The maximum atomic E-state index is 13.0. The van der Waals surface area contributed by atoms with Gasteiger partial charge in [-0.1, -0.05) is 31.3 Å². The minimum Gasteiger partial charge on any atom is -0.461 e. The van der Waals surface area contributed by atoms with Gasteiger partial charge < -0.3 is 9.72 Å². The van der Waals surface area contributed by atoms with Crippen LogP contribution < -0.4 is 5.56 Å². The van der Waals surface area contributed by atoms with E-state index < -0.39 is 17.8 Å². The summed E-state index contributed by atoms with van der Waals surface area (Å²) in [6.07, 6.45) is 2.50. The molecule has 2 aromatic rings. The highest BCUT2D eigenvalue weighted by molar-refractivity contribution is 7.99. The lowest BCUT2D eigenvalue weighted by Crippen LogP contribution is -2.36. The molecule has 0 radical (unpaired) electrons. The molecule has 2 aromatic heterocycles. The molecule has 1 aliphatic heterocycles. The number of nitrogens with one attached hydrogen (secondary N) is 1. The van der Waals surface area contributed by atoms with E-state index in [-0.39, 0.29) is 12.2 Å². The largest absolute Gasteiger partial charge is 0.461 e. The molecule has 0 saturated heterocycles. The van der Waals surface area contributed by atoms with Crippen LogP contribution in [0.25, 0.3) is 0 Å². The number of hydrogen-bond acceptors (Lipinski definition) is 7. The van der Waals surface area contributed by atoms with E-state index in [0.717, 1.165) is 22.6 Å². The highest BCUT2D eigenvalue weighted by Crippen LogP contribution is 2.43. The summed E-state index contributed by atoms with van der Waals surface area (Å²) in [4.78, 5) is 38.8. The molecular weight excluding hydrogens is 394 g/mol. The maximum Gasteiger partial charge on any atom is 0.315 e. The molecular formula is C20H23N3O3S2. The van der Waals surface area contributed by atoms with E-state index in [1.807, 2.05) is 18.4 Å². The third-order valence-corrected chi connectivity index (χ3v) is 6.70. The Balaban J connectivity index is 2.15. The van der Waals surface area contributed by atoms with Gasteiger partial charge in [0.25, 0.3) is 5.56 Å². The Bertz CT molecular complexity index is 977. The van der Waals surface area contributed by atoms with Crippen molar-refractivity contribution < 1.29 is 9.53 Å². The standard InChI is InChI=1S/C20H23N3O3S2/c1-5-8-26-19(25)13-12(4)21-17-15(14(13)16-11(3)7-10-27-16)18(24)23-20(22-17)28-9-6-2/h5,7,10,13-14H,1,6,8-9H2,2-4H3,(H,22,23,24). The molecule has 2 unspecified atom stereocenters. The summed E-state index contributed by atoms with van der Waals surface area (Å²) in [5.41, 5.74) is 1.81. The third-order valence-electron chi connectivity index (χ3n) is 4.51. The minimum absolute atomic E-state index is 0.118. The van der Waals surface area contributed by atoms with E-state index in [1.54, 1.807) is 6.92 Å². The number of thiophene rings is 1. The first kappa shape index (κ1) is 20.5. The van der Waals surface area contributed by atoms with Crippen molar-refractivity contribution in [1.82, 2.24) is 9.97 Å². The van der Waals surface area contributed by atoms with Crippen molar-refractivity contribution in [2.24, 2.45) is 10.9 Å². The van der Waals surface area contributed by atoms with Crippen LogP contribution in [0.3, 0.4) is 0 Å². The number of aromatic amines is 1. The van der Waals surface area contributed by atoms with Crippen molar-refractivity contribution in [3.63, 3.8) is 0 Å². The molecule has 0 fully saturated rings. The van der Waals surface area contributed by atoms with Crippen molar-refractivity contribution >= 4 is 40.6 Å². The van der Waals surface area contributed by atoms with Crippen LogP contribution in [0.2, 0.25) is 0 Å². The van der Waals surface area contributed by atoms with Crippen molar-refractivity contribution in [2.75, 3.05) is 12.4 Å². The van der Waals surface area contributed by atoms with Crippen molar-refractivity contribution in [2.45, 2.75) is 38.3 Å². The zero-order valence-electron chi connectivity index (χ0n) is 16.2. The lowest BCUT2D eigenvalue weighted by Gasteiger charge is -2.29. The molecule has 1 N–H and O–H groups in total. The zero-order chi connectivity index (χ0) is 20.3. The van der Waals surface area contributed by atoms with Crippen LogP contribution in [0.1, 0.15) is 42.2 Å². The summed E-state index contributed by atoms with van der Waals surface area (Å²) in [5.74, 6) is -0.291. The first-order valence-electron chi connectivity index (χ1n) is 9.11. The quantitative estimate of drug-likeness (QED) is 0.315. The van der Waals surface area contributed by atoms with E-state index in [0.29, 0.717) is 22.2 Å². The molecule has 0 amide bonds. The van der Waals surface area contributed by atoms with Crippen LogP contribution in [0.15, 0.2) is 39.0 Å². The van der Waals surface area contributed by atoms with Crippen LogP contribution in [0.5, 0.6) is 0 Å². The lowest BCUT2D eigenvalue weighted by atomic mass is 9.79. The number of aryl methyl sites for hydroxylation is 1. The molecule has 2 atom stereocenters. The van der Waals surface area contributed by atoms with E-state index in [4.69, 9.17) is 4.74 Å². The Hall–Kier alpha value is -2.19. The van der Waals surface area contributed by atoms with Crippen LogP contribution in [-0.2, 0) is 9.53 Å². The van der Waals surface area contributed by atoms with Gasteiger partial charge in [0.05, 0.1) is 5.56 Å². The van der Waals surface area contributed by atoms with Gasteiger partial charge in [-0.05, 0) is 37.3 Å². The minimum atomic E-state index is -0.665. The number of nitrogens with zero attached hydrogens (tertiary/aromatic N) is 2. The Morgan fingerprint density at radius 2 is 2.25 bits per heavy atom. The highest BCUT2D eigenvalue weighted by atomic mass is 32.2. The normalized spacial score (nSPS) is 18.3. The molecule has 28 heavy (non-hydrogen) atoms. The fraction of sp³-hybridized carbons (Fsp3) is 0.400. The average molecular weight is 418 g/mol. The second kappa shape index (κ2) is 8.87. The Morgan fingerprint density at radius 3 is 2.89 bits per heavy atom. The molecule has 0 aliphatic carbocycles. The van der Waals surface area contributed by atoms with Gasteiger partial charge in [-0.2, -0.15) is 0 Å². The fourth-order valence-electron chi connectivity index (χ4n) is 3.25. The Kier molecular flexibility index (Phi) is 6.51. The molecule has 3 rings (SSSR count). The van der Waals surface area contributed by atoms with E-state index >= 15 is 0 Å². The molecule has 0 spiro atoms. The number of rotatable bonds is 7. The second-order valence-corrected chi connectivity index (χ2v) is 8.58. The average Bonchev–Trinajstić information content (AvgIpc) is 3.08. The van der Waals surface area contributed by atoms with Crippen molar-refractivity contribution in [1.29, 1.82) is 0 Å².